The van der Waals surface area contributed by atoms with Crippen molar-refractivity contribution in [1.82, 2.24) is 14.4 Å². The van der Waals surface area contributed by atoms with E-state index in [0.717, 1.165) is 0 Å². The van der Waals surface area contributed by atoms with Crippen LogP contribution in [-0.2, 0) is 10.8 Å². The van der Waals surface area contributed by atoms with Gasteiger partial charge in [0.2, 0.25) is 0 Å². The van der Waals surface area contributed by atoms with Crippen molar-refractivity contribution in [2.75, 3.05) is 0 Å². The zero-order chi connectivity index (χ0) is 36.6. The summed E-state index contributed by atoms with van der Waals surface area (Å²) in [6.45, 7) is 7.00. The Balaban J connectivity index is 1.13. The lowest BCUT2D eigenvalue weighted by Crippen LogP contribution is -2.52. The van der Waals surface area contributed by atoms with Crippen LogP contribution in [0.3, 0.4) is 0 Å². The summed E-state index contributed by atoms with van der Waals surface area (Å²) in [5, 5.41) is 8.12. The van der Waals surface area contributed by atoms with Gasteiger partial charge in [-0.2, -0.15) is 0 Å². The number of hydrogen-bond donors (Lipinski definition) is 0. The van der Waals surface area contributed by atoms with Gasteiger partial charge in [0.15, 0.2) is 0 Å². The van der Waals surface area contributed by atoms with Crippen molar-refractivity contribution in [3.05, 3.63) is 206 Å². The van der Waals surface area contributed by atoms with Crippen molar-refractivity contribution in [3.8, 4) is 0 Å². The van der Waals surface area contributed by atoms with Crippen LogP contribution in [0.4, 0.5) is 0 Å². The third-order valence-electron chi connectivity index (χ3n) is 15.2. The molecule has 0 N–H and O–H groups in total. The largest absolute Gasteiger partial charge is 0.305 e. The van der Waals surface area contributed by atoms with Gasteiger partial charge in [-0.15, -0.1) is 0 Å². The quantitative estimate of drug-likeness (QED) is 0.157. The summed E-state index contributed by atoms with van der Waals surface area (Å²) in [7, 11) is 0. The predicted octanol–water partition coefficient (Wildman–Crippen LogP) is 12.0. The molecule has 6 aliphatic carbocycles. The van der Waals surface area contributed by atoms with Crippen LogP contribution < -0.4 is 0 Å². The van der Waals surface area contributed by atoms with Crippen LogP contribution in [0.15, 0.2) is 134 Å². The number of benzene rings is 6. The summed E-state index contributed by atoms with van der Waals surface area (Å²) in [5.74, 6) is 0.818. The highest BCUT2D eigenvalue weighted by molar-refractivity contribution is 6.32. The van der Waals surface area contributed by atoms with E-state index in [1.54, 1.807) is 0 Å². The highest BCUT2D eigenvalue weighted by Gasteiger charge is 2.70. The molecular weight excluding hydrogens is 679 g/mol. The highest BCUT2D eigenvalue weighted by Crippen LogP contribution is 2.77. The van der Waals surface area contributed by atoms with Gasteiger partial charge in [0, 0.05) is 44.7 Å². The molecule has 56 heavy (non-hydrogen) atoms. The third-order valence-corrected chi connectivity index (χ3v) is 15.2. The van der Waals surface area contributed by atoms with E-state index in [1.165, 1.54) is 121 Å². The molecule has 3 nitrogen and oxygen atoms in total. The van der Waals surface area contributed by atoms with Crippen LogP contribution >= 0.6 is 0 Å². The Bertz CT molecular complexity index is 3460. The Morgan fingerprint density at radius 2 is 1.09 bits per heavy atom. The normalized spacial score (nSPS) is 23.0. The fraction of sp³-hybridized carbons (Fsp3) is 0.170. The third kappa shape index (κ3) is 2.86. The van der Waals surface area contributed by atoms with E-state index in [0.29, 0.717) is 0 Å². The summed E-state index contributed by atoms with van der Waals surface area (Å²) in [6, 6.07) is 46.5. The Kier molecular flexibility index (Phi) is 4.68. The molecular formula is C53H35N3. The van der Waals surface area contributed by atoms with Gasteiger partial charge in [-0.05, 0) is 83.5 Å². The van der Waals surface area contributed by atoms with Crippen molar-refractivity contribution in [1.29, 1.82) is 0 Å². The van der Waals surface area contributed by atoms with E-state index in [4.69, 9.17) is 9.97 Å². The maximum absolute atomic E-state index is 5.56. The number of nitrogens with zero attached hydrogens (tertiary/aromatic N) is 3. The zero-order valence-corrected chi connectivity index (χ0v) is 31.4. The number of fused-ring (bicyclic) bond motifs is 16. The SMILES string of the molecule is CC(C)(C)c1ccc2c(c1)cc1c3c4c(ncc3n3c5cnc6c(c5c2c13)C1c2ccccc2C12c1ccccc1C62)C1c2ccccc2C4c2ccccc21. The highest BCUT2D eigenvalue weighted by atomic mass is 15.0. The fourth-order valence-corrected chi connectivity index (χ4v) is 13.2. The molecule has 0 saturated heterocycles. The topological polar surface area (TPSA) is 30.2 Å². The van der Waals surface area contributed by atoms with Crippen LogP contribution in [-0.4, -0.2) is 14.4 Å². The molecule has 4 aromatic heterocycles. The van der Waals surface area contributed by atoms with Crippen LogP contribution in [0.1, 0.15) is 117 Å². The lowest BCUT2D eigenvalue weighted by molar-refractivity contribution is 0.331. The second-order valence-electron chi connectivity index (χ2n) is 18.3. The Morgan fingerprint density at radius 1 is 0.518 bits per heavy atom. The molecule has 3 unspecified atom stereocenters. The second-order valence-corrected chi connectivity index (χ2v) is 18.3. The molecule has 0 radical (unpaired) electrons. The Morgan fingerprint density at radius 3 is 1.75 bits per heavy atom. The molecule has 1 spiro atoms. The molecule has 3 atom stereocenters. The molecule has 0 saturated carbocycles. The maximum atomic E-state index is 5.56. The summed E-state index contributed by atoms with van der Waals surface area (Å²) in [6.07, 6.45) is 4.43. The smallest absolute Gasteiger partial charge is 0.0729 e. The number of pyridine rings is 2. The van der Waals surface area contributed by atoms with E-state index in [2.05, 4.69) is 159 Å². The minimum absolute atomic E-state index is 0.0310. The van der Waals surface area contributed by atoms with Crippen molar-refractivity contribution in [3.63, 3.8) is 0 Å². The number of hydrogen-bond acceptors (Lipinski definition) is 2. The molecule has 4 heterocycles. The van der Waals surface area contributed by atoms with E-state index < -0.39 is 0 Å². The van der Waals surface area contributed by atoms with E-state index in [1.807, 2.05) is 0 Å². The van der Waals surface area contributed by atoms with Gasteiger partial charge >= 0.3 is 0 Å². The summed E-state index contributed by atoms with van der Waals surface area (Å²) < 4.78 is 2.57. The van der Waals surface area contributed by atoms with Crippen LogP contribution in [0, 0.1) is 0 Å². The molecule has 0 fully saturated rings. The van der Waals surface area contributed by atoms with Crippen LogP contribution in [0.25, 0.3) is 48.9 Å². The van der Waals surface area contributed by atoms with Crippen molar-refractivity contribution in [2.24, 2.45) is 0 Å². The lowest BCUT2D eigenvalue weighted by Gasteiger charge is -2.58. The predicted molar refractivity (Wildman–Crippen MR) is 225 cm³/mol. The van der Waals surface area contributed by atoms with Crippen molar-refractivity contribution >= 4 is 48.9 Å². The Labute approximate surface area is 323 Å². The van der Waals surface area contributed by atoms with Gasteiger partial charge in [0.05, 0.1) is 46.2 Å². The molecule has 16 rings (SSSR count). The number of aromatic nitrogens is 3. The van der Waals surface area contributed by atoms with Gasteiger partial charge in [0.1, 0.15) is 0 Å². The van der Waals surface area contributed by atoms with Crippen molar-refractivity contribution in [2.45, 2.75) is 55.3 Å². The average molecular weight is 714 g/mol. The monoisotopic (exact) mass is 713 g/mol. The molecule has 0 aliphatic heterocycles. The standard InChI is InChI=1S/C53H35N3/c1-52(2,3)27-20-21-28-26(22-27)23-35-42-38(24-54-49-41-31-14-6-4-12-29(31)40(45(42)49)30-13-5-7-15-32(30)41)56-39-25-55-50-46(44(39)43(28)51(35)56)47-33-16-8-10-18-36(33)53(47)37-19-11-9-17-34(37)48(50)53/h4-25,40-41,47-48H,1-3H3. The minimum Gasteiger partial charge on any atom is -0.305 e. The average Bonchev–Trinajstić information content (AvgIpc) is 3.81. The summed E-state index contributed by atoms with van der Waals surface area (Å²) >= 11 is 0. The molecule has 6 aromatic carbocycles. The van der Waals surface area contributed by atoms with Gasteiger partial charge in [-0.3, -0.25) is 9.97 Å². The van der Waals surface area contributed by atoms with Gasteiger partial charge in [0.25, 0.3) is 0 Å². The molecule has 0 amide bonds. The molecule has 2 bridgehead atoms. The fourth-order valence-electron chi connectivity index (χ4n) is 13.2. The first-order chi connectivity index (χ1) is 27.5. The van der Waals surface area contributed by atoms with Crippen molar-refractivity contribution < 1.29 is 0 Å². The first-order valence-electron chi connectivity index (χ1n) is 20.3. The van der Waals surface area contributed by atoms with Gasteiger partial charge in [-0.1, -0.05) is 136 Å². The Hall–Kier alpha value is -6.32. The summed E-state index contributed by atoms with van der Waals surface area (Å²) in [4.78, 5) is 11.1. The minimum atomic E-state index is -0.0410. The number of rotatable bonds is 0. The van der Waals surface area contributed by atoms with Crippen LogP contribution in [0.5, 0.6) is 0 Å². The summed E-state index contributed by atoms with van der Waals surface area (Å²) in [5.41, 5.74) is 22.0. The molecule has 10 aromatic rings. The first-order valence-corrected chi connectivity index (χ1v) is 20.3. The maximum Gasteiger partial charge on any atom is 0.0729 e. The molecule has 6 aliphatic rings. The second kappa shape index (κ2) is 9.03. The molecule has 262 valence electrons. The van der Waals surface area contributed by atoms with Gasteiger partial charge in [-0.25, -0.2) is 0 Å². The van der Waals surface area contributed by atoms with E-state index in [-0.39, 0.29) is 34.5 Å². The lowest BCUT2D eigenvalue weighted by atomic mass is 9.43. The van der Waals surface area contributed by atoms with E-state index >= 15 is 0 Å². The van der Waals surface area contributed by atoms with Gasteiger partial charge < -0.3 is 4.40 Å². The zero-order valence-electron chi connectivity index (χ0n) is 31.4. The van der Waals surface area contributed by atoms with E-state index in [9.17, 15) is 0 Å². The van der Waals surface area contributed by atoms with Crippen LogP contribution in [0.2, 0.25) is 0 Å². The first kappa shape index (κ1) is 29.0. The molecule has 3 heteroatoms.